The van der Waals surface area contributed by atoms with Gasteiger partial charge in [-0.1, -0.05) is 126 Å². The third-order valence-electron chi connectivity index (χ3n) is 13.5. The minimum atomic E-state index is 0.675. The van der Waals surface area contributed by atoms with Gasteiger partial charge in [-0.3, -0.25) is 0 Å². The number of rotatable bonds is 16. The van der Waals surface area contributed by atoms with Crippen LogP contribution in [0.1, 0.15) is 201 Å². The zero-order chi connectivity index (χ0) is 33.7. The Balaban J connectivity index is 0.868. The van der Waals surface area contributed by atoms with E-state index in [0.717, 1.165) is 36.9 Å². The van der Waals surface area contributed by atoms with Gasteiger partial charge in [0.15, 0.2) is 0 Å². The van der Waals surface area contributed by atoms with Gasteiger partial charge in [-0.05, 0) is 159 Å². The molecule has 1 heteroatoms. The number of hydrogen-bond acceptors (Lipinski definition) is 1. The molecule has 6 rings (SSSR count). The highest BCUT2D eigenvalue weighted by Gasteiger charge is 2.25. The summed E-state index contributed by atoms with van der Waals surface area (Å²) in [5, 5.41) is 0. The topological polar surface area (TPSA) is 9.23 Å². The Morgan fingerprint density at radius 3 is 1.14 bits per heavy atom. The van der Waals surface area contributed by atoms with Crippen LogP contribution in [-0.2, 0) is 4.74 Å². The summed E-state index contributed by atoms with van der Waals surface area (Å²) in [5.41, 5.74) is 9.32. The normalized spacial score (nSPS) is 27.8. The lowest BCUT2D eigenvalue weighted by Crippen LogP contribution is -2.14. The summed E-state index contributed by atoms with van der Waals surface area (Å²) in [6.07, 6.45) is 35.0. The van der Waals surface area contributed by atoms with E-state index in [1.54, 1.807) is 22.3 Å². The molecule has 0 amide bonds. The Kier molecular flexibility index (Phi) is 14.6. The Morgan fingerprint density at radius 1 is 0.449 bits per heavy atom. The van der Waals surface area contributed by atoms with E-state index in [9.17, 15) is 0 Å². The van der Waals surface area contributed by atoms with Crippen molar-refractivity contribution < 1.29 is 4.74 Å². The lowest BCUT2D eigenvalue weighted by Gasteiger charge is -2.29. The molecular formula is C48H70O. The van der Waals surface area contributed by atoms with Crippen LogP contribution in [0.5, 0.6) is 0 Å². The highest BCUT2D eigenvalue weighted by atomic mass is 16.5. The second kappa shape index (κ2) is 19.5. The average molecular weight is 663 g/mol. The largest absolute Gasteiger partial charge is 0.373 e. The van der Waals surface area contributed by atoms with Crippen molar-refractivity contribution in [1.29, 1.82) is 0 Å². The molecule has 268 valence electrons. The fraction of sp³-hybridized carbons (Fsp3) is 0.667. The Morgan fingerprint density at radius 2 is 0.816 bits per heavy atom. The molecule has 0 N–H and O–H groups in total. The predicted octanol–water partition coefficient (Wildman–Crippen LogP) is 14.5. The summed E-state index contributed by atoms with van der Waals surface area (Å²) in [4.78, 5) is 0. The Bertz CT molecular complexity index is 1180. The second-order valence-corrected chi connectivity index (χ2v) is 16.9. The lowest BCUT2D eigenvalue weighted by atomic mass is 9.76. The minimum Gasteiger partial charge on any atom is -0.373 e. The number of allylic oxidation sites excluding steroid dienone is 2. The van der Waals surface area contributed by atoms with Gasteiger partial charge in [-0.15, -0.1) is 0 Å². The van der Waals surface area contributed by atoms with Crippen LogP contribution >= 0.6 is 0 Å². The maximum Gasteiger partial charge on any atom is 0.0681 e. The third kappa shape index (κ3) is 10.9. The van der Waals surface area contributed by atoms with Gasteiger partial charge in [0.1, 0.15) is 0 Å². The van der Waals surface area contributed by atoms with Crippen molar-refractivity contribution in [3.8, 4) is 0 Å². The van der Waals surface area contributed by atoms with Crippen LogP contribution in [0.2, 0.25) is 0 Å². The molecule has 0 radical (unpaired) electrons. The van der Waals surface area contributed by atoms with Gasteiger partial charge in [0.2, 0.25) is 0 Å². The van der Waals surface area contributed by atoms with E-state index in [2.05, 4.69) is 74.5 Å². The van der Waals surface area contributed by atoms with E-state index >= 15 is 0 Å². The Labute approximate surface area is 301 Å². The van der Waals surface area contributed by atoms with E-state index in [1.807, 2.05) is 0 Å². The summed E-state index contributed by atoms with van der Waals surface area (Å²) >= 11 is 0. The lowest BCUT2D eigenvalue weighted by molar-refractivity contribution is 0.172. The van der Waals surface area contributed by atoms with Crippen molar-refractivity contribution in [2.75, 3.05) is 13.2 Å². The van der Waals surface area contributed by atoms with Crippen molar-refractivity contribution in [1.82, 2.24) is 0 Å². The molecule has 4 aliphatic carbocycles. The molecule has 0 spiro atoms. The molecule has 0 aromatic heterocycles. The Hall–Kier alpha value is -2.12. The summed E-state index contributed by atoms with van der Waals surface area (Å²) in [6.45, 7) is 6.27. The summed E-state index contributed by atoms with van der Waals surface area (Å²) in [5.74, 6) is 4.93. The molecule has 49 heavy (non-hydrogen) atoms. The van der Waals surface area contributed by atoms with Crippen LogP contribution in [-0.4, -0.2) is 13.2 Å². The first-order valence-corrected chi connectivity index (χ1v) is 21.3. The quantitative estimate of drug-likeness (QED) is 0.128. The van der Waals surface area contributed by atoms with Crippen LogP contribution in [0.4, 0.5) is 0 Å². The van der Waals surface area contributed by atoms with E-state index in [1.165, 1.54) is 152 Å². The number of unbranched alkanes of at least 4 members (excludes halogenated alkanes) is 4. The van der Waals surface area contributed by atoms with E-state index < -0.39 is 0 Å². The van der Waals surface area contributed by atoms with Gasteiger partial charge in [-0.2, -0.15) is 0 Å². The molecule has 2 aromatic rings. The zero-order valence-electron chi connectivity index (χ0n) is 31.6. The standard InChI is InChI=1S/C48H70O/c1-3-5-7-9-37-11-19-41(20-12-37)45-27-31-47(32-28-45)43-23-15-39(16-24-43)35-49-36-40-17-25-44(26-18-40)48-33-29-46(30-34-48)42-21-13-38(14-22-42)10-8-6-4-2/h15,17,27-34,37-38,41-44H,3-14,16,18-26,35-36H2,1-2H3. The first-order chi connectivity index (χ1) is 24.2. The molecule has 0 bridgehead atoms. The average Bonchev–Trinajstić information content (AvgIpc) is 3.16. The van der Waals surface area contributed by atoms with Crippen LogP contribution in [0.3, 0.4) is 0 Å². The summed E-state index contributed by atoms with van der Waals surface area (Å²) in [6, 6.07) is 19.7. The first kappa shape index (κ1) is 36.7. The summed E-state index contributed by atoms with van der Waals surface area (Å²) < 4.78 is 6.29. The van der Waals surface area contributed by atoms with Gasteiger partial charge in [0, 0.05) is 0 Å². The monoisotopic (exact) mass is 663 g/mol. The third-order valence-corrected chi connectivity index (χ3v) is 13.5. The number of benzene rings is 2. The fourth-order valence-electron chi connectivity index (χ4n) is 9.97. The first-order valence-electron chi connectivity index (χ1n) is 21.3. The van der Waals surface area contributed by atoms with Crippen molar-refractivity contribution in [3.05, 3.63) is 94.1 Å². The molecule has 0 heterocycles. The highest BCUT2D eigenvalue weighted by molar-refractivity contribution is 5.31. The van der Waals surface area contributed by atoms with Crippen molar-refractivity contribution >= 4 is 0 Å². The molecule has 2 saturated carbocycles. The van der Waals surface area contributed by atoms with E-state index in [4.69, 9.17) is 4.74 Å². The smallest absolute Gasteiger partial charge is 0.0681 e. The SMILES string of the molecule is CCCCCC1CCC(c2ccc(C3CC=C(COCC4=CCC(c5ccc(C6CCC(CCCCC)CC6)cc5)CC4)CC3)cc2)CC1. The van der Waals surface area contributed by atoms with Crippen molar-refractivity contribution in [2.45, 2.75) is 179 Å². The van der Waals surface area contributed by atoms with Gasteiger partial charge >= 0.3 is 0 Å². The maximum atomic E-state index is 6.29. The zero-order valence-corrected chi connectivity index (χ0v) is 31.6. The minimum absolute atomic E-state index is 0.675. The molecule has 0 aliphatic heterocycles. The van der Waals surface area contributed by atoms with E-state index in [0.29, 0.717) is 11.8 Å². The van der Waals surface area contributed by atoms with Crippen LogP contribution in [0, 0.1) is 11.8 Å². The number of hydrogen-bond donors (Lipinski definition) is 0. The molecule has 2 atom stereocenters. The molecule has 2 fully saturated rings. The number of ether oxygens (including phenoxy) is 1. The molecule has 1 nitrogen and oxygen atoms in total. The van der Waals surface area contributed by atoms with Gasteiger partial charge in [0.05, 0.1) is 13.2 Å². The molecule has 0 saturated heterocycles. The van der Waals surface area contributed by atoms with E-state index in [-0.39, 0.29) is 0 Å². The van der Waals surface area contributed by atoms with Gasteiger partial charge in [0.25, 0.3) is 0 Å². The predicted molar refractivity (Wildman–Crippen MR) is 211 cm³/mol. The van der Waals surface area contributed by atoms with Crippen LogP contribution < -0.4 is 0 Å². The molecule has 4 aliphatic rings. The molecule has 2 unspecified atom stereocenters. The van der Waals surface area contributed by atoms with Crippen molar-refractivity contribution in [3.63, 3.8) is 0 Å². The van der Waals surface area contributed by atoms with Crippen LogP contribution in [0.15, 0.2) is 71.8 Å². The van der Waals surface area contributed by atoms with Gasteiger partial charge < -0.3 is 4.74 Å². The van der Waals surface area contributed by atoms with Gasteiger partial charge in [-0.25, -0.2) is 0 Å². The summed E-state index contributed by atoms with van der Waals surface area (Å²) in [7, 11) is 0. The molecule has 2 aromatic carbocycles. The maximum absolute atomic E-state index is 6.29. The van der Waals surface area contributed by atoms with Crippen molar-refractivity contribution in [2.24, 2.45) is 11.8 Å². The molecular weight excluding hydrogens is 593 g/mol. The fourth-order valence-corrected chi connectivity index (χ4v) is 9.97. The highest BCUT2D eigenvalue weighted by Crippen LogP contribution is 2.41. The second-order valence-electron chi connectivity index (χ2n) is 16.9. The van der Waals surface area contributed by atoms with Crippen LogP contribution in [0.25, 0.3) is 0 Å².